The van der Waals surface area contributed by atoms with E-state index in [0.717, 1.165) is 23.4 Å². The molecule has 0 aliphatic carbocycles. The van der Waals surface area contributed by atoms with Gasteiger partial charge in [-0.25, -0.2) is 0 Å². The van der Waals surface area contributed by atoms with Crippen LogP contribution in [0.1, 0.15) is 24.2 Å². The molecule has 0 radical (unpaired) electrons. The van der Waals surface area contributed by atoms with Crippen LogP contribution >= 0.6 is 0 Å². The Morgan fingerprint density at radius 1 is 1.27 bits per heavy atom. The molecule has 1 unspecified atom stereocenters. The van der Waals surface area contributed by atoms with E-state index in [4.69, 9.17) is 4.74 Å². The number of hydrogen-bond donors (Lipinski definition) is 1. The second-order valence-corrected chi connectivity index (χ2v) is 5.45. The Kier molecular flexibility index (Phi) is 4.00. The van der Waals surface area contributed by atoms with Gasteiger partial charge in [-0.1, -0.05) is 43.3 Å². The number of ether oxygens (including phenoxy) is 1. The number of anilines is 1. The van der Waals surface area contributed by atoms with Crippen LogP contribution in [0.4, 0.5) is 5.69 Å². The van der Waals surface area contributed by atoms with Gasteiger partial charge < -0.3 is 14.7 Å². The van der Waals surface area contributed by atoms with Crippen LogP contribution in [0.25, 0.3) is 0 Å². The molecule has 4 heteroatoms. The lowest BCUT2D eigenvalue weighted by Crippen LogP contribution is -2.38. The van der Waals surface area contributed by atoms with Crippen molar-refractivity contribution in [1.29, 1.82) is 0 Å². The first kappa shape index (κ1) is 14.4. The Hall–Kier alpha value is -2.49. The molecular weight excluding hydrogens is 278 g/mol. The number of rotatable bonds is 4. The molecule has 1 heterocycles. The highest BCUT2D eigenvalue weighted by atomic mass is 16.5. The van der Waals surface area contributed by atoms with Gasteiger partial charge in [0.2, 0.25) is 0 Å². The molecule has 0 amide bonds. The van der Waals surface area contributed by atoms with Crippen molar-refractivity contribution in [2.75, 3.05) is 18.0 Å². The third kappa shape index (κ3) is 2.91. The molecule has 4 nitrogen and oxygen atoms in total. The third-order valence-corrected chi connectivity index (χ3v) is 3.93. The van der Waals surface area contributed by atoms with E-state index < -0.39 is 5.97 Å². The van der Waals surface area contributed by atoms with Crippen LogP contribution in [-0.2, 0) is 11.2 Å². The van der Waals surface area contributed by atoms with Crippen molar-refractivity contribution >= 4 is 11.7 Å². The quantitative estimate of drug-likeness (QED) is 0.941. The third-order valence-electron chi connectivity index (χ3n) is 3.93. The number of nitrogens with zero attached hydrogens (tertiary/aromatic N) is 1. The zero-order valence-electron chi connectivity index (χ0n) is 12.5. The fourth-order valence-electron chi connectivity index (χ4n) is 2.77. The summed E-state index contributed by atoms with van der Waals surface area (Å²) in [6, 6.07) is 15.9. The lowest BCUT2D eigenvalue weighted by molar-refractivity contribution is -0.135. The van der Waals surface area contributed by atoms with E-state index in [9.17, 15) is 9.90 Å². The van der Waals surface area contributed by atoms with E-state index in [-0.39, 0.29) is 12.6 Å². The average molecular weight is 297 g/mol. The molecule has 0 aromatic heterocycles. The molecule has 1 atom stereocenters. The summed E-state index contributed by atoms with van der Waals surface area (Å²) in [5, 5.41) is 9.19. The molecule has 0 bridgehead atoms. The molecule has 2 aromatic rings. The largest absolute Gasteiger partial charge is 0.482 e. The molecule has 0 fully saturated rings. The summed E-state index contributed by atoms with van der Waals surface area (Å²) >= 11 is 0. The number of carboxylic acid groups (broad SMARTS) is 1. The van der Waals surface area contributed by atoms with Gasteiger partial charge >= 0.3 is 5.97 Å². The number of carbonyl (C=O) groups is 1. The van der Waals surface area contributed by atoms with Gasteiger partial charge in [0.15, 0.2) is 0 Å². The highest BCUT2D eigenvalue weighted by Crippen LogP contribution is 2.38. The summed E-state index contributed by atoms with van der Waals surface area (Å²) in [6.45, 7) is 2.60. The zero-order chi connectivity index (χ0) is 15.5. The van der Waals surface area contributed by atoms with Gasteiger partial charge in [-0.3, -0.25) is 4.79 Å². The van der Waals surface area contributed by atoms with E-state index in [1.807, 2.05) is 53.4 Å². The molecule has 22 heavy (non-hydrogen) atoms. The van der Waals surface area contributed by atoms with Gasteiger partial charge in [0.25, 0.3) is 0 Å². The van der Waals surface area contributed by atoms with Gasteiger partial charge in [-0.15, -0.1) is 0 Å². The summed E-state index contributed by atoms with van der Waals surface area (Å²) in [7, 11) is 0. The van der Waals surface area contributed by atoms with Crippen molar-refractivity contribution in [1.82, 2.24) is 0 Å². The molecule has 0 saturated heterocycles. The van der Waals surface area contributed by atoms with Crippen LogP contribution in [-0.4, -0.2) is 24.2 Å². The van der Waals surface area contributed by atoms with Crippen molar-refractivity contribution in [3.63, 3.8) is 0 Å². The Labute approximate surface area is 130 Å². The summed E-state index contributed by atoms with van der Waals surface area (Å²) < 4.78 is 6.09. The topological polar surface area (TPSA) is 49.8 Å². The second kappa shape index (κ2) is 6.10. The molecule has 3 rings (SSSR count). The highest BCUT2D eigenvalue weighted by molar-refractivity contribution is 5.76. The van der Waals surface area contributed by atoms with Crippen LogP contribution in [0.2, 0.25) is 0 Å². The van der Waals surface area contributed by atoms with Crippen LogP contribution in [0.5, 0.6) is 5.75 Å². The van der Waals surface area contributed by atoms with E-state index in [0.29, 0.717) is 6.54 Å². The van der Waals surface area contributed by atoms with E-state index in [2.05, 4.69) is 6.92 Å². The van der Waals surface area contributed by atoms with Crippen molar-refractivity contribution in [3.8, 4) is 5.75 Å². The summed E-state index contributed by atoms with van der Waals surface area (Å²) in [5.74, 6) is -0.0832. The predicted octanol–water partition coefficient (Wildman–Crippen LogP) is 3.27. The van der Waals surface area contributed by atoms with Crippen molar-refractivity contribution in [3.05, 3.63) is 59.7 Å². The lowest BCUT2D eigenvalue weighted by atomic mass is 10.0. The molecule has 2 aromatic carbocycles. The average Bonchev–Trinajstić information content (AvgIpc) is 2.54. The van der Waals surface area contributed by atoms with Crippen LogP contribution in [0.3, 0.4) is 0 Å². The van der Waals surface area contributed by atoms with Crippen molar-refractivity contribution < 1.29 is 14.6 Å². The number of hydrogen-bond acceptors (Lipinski definition) is 3. The maximum absolute atomic E-state index is 11.2. The fourth-order valence-corrected chi connectivity index (χ4v) is 2.77. The number of aliphatic carboxylic acids is 1. The zero-order valence-corrected chi connectivity index (χ0v) is 12.5. The minimum absolute atomic E-state index is 0.0210. The Balaban J connectivity index is 1.96. The number of aryl methyl sites for hydroxylation is 1. The summed E-state index contributed by atoms with van der Waals surface area (Å²) in [5.41, 5.74) is 3.10. The molecule has 114 valence electrons. The Morgan fingerprint density at radius 3 is 2.73 bits per heavy atom. The van der Waals surface area contributed by atoms with Gasteiger partial charge in [0.05, 0.1) is 12.2 Å². The minimum Gasteiger partial charge on any atom is -0.482 e. The molecule has 0 spiro atoms. The smallest absolute Gasteiger partial charge is 0.323 e. The standard InChI is InChI=1S/C18H19NO3/c1-2-13-8-9-16-15(10-13)19(12-18(20)21)11-17(22-16)14-6-4-3-5-7-14/h3-10,17H,2,11-12H2,1H3,(H,20,21). The second-order valence-electron chi connectivity index (χ2n) is 5.45. The number of benzene rings is 2. The van der Waals surface area contributed by atoms with Gasteiger partial charge in [0, 0.05) is 0 Å². The maximum Gasteiger partial charge on any atom is 0.323 e. The van der Waals surface area contributed by atoms with Gasteiger partial charge in [-0.05, 0) is 29.7 Å². The fraction of sp³-hybridized carbons (Fsp3) is 0.278. The van der Waals surface area contributed by atoms with Crippen molar-refractivity contribution in [2.45, 2.75) is 19.4 Å². The van der Waals surface area contributed by atoms with E-state index >= 15 is 0 Å². The Bertz CT molecular complexity index is 669. The molecule has 1 N–H and O–H groups in total. The van der Waals surface area contributed by atoms with Crippen LogP contribution in [0.15, 0.2) is 48.5 Å². The highest BCUT2D eigenvalue weighted by Gasteiger charge is 2.28. The first-order chi connectivity index (χ1) is 10.7. The van der Waals surface area contributed by atoms with E-state index in [1.54, 1.807) is 0 Å². The molecule has 1 aliphatic rings. The molecule has 1 aliphatic heterocycles. The first-order valence-corrected chi connectivity index (χ1v) is 7.48. The summed E-state index contributed by atoms with van der Waals surface area (Å²) in [6.07, 6.45) is 0.761. The maximum atomic E-state index is 11.2. The first-order valence-electron chi connectivity index (χ1n) is 7.48. The van der Waals surface area contributed by atoms with Crippen molar-refractivity contribution in [2.24, 2.45) is 0 Å². The number of fused-ring (bicyclic) bond motifs is 1. The van der Waals surface area contributed by atoms with Gasteiger partial charge in [-0.2, -0.15) is 0 Å². The molecule has 0 saturated carbocycles. The normalized spacial score (nSPS) is 16.8. The van der Waals surface area contributed by atoms with E-state index in [1.165, 1.54) is 5.56 Å². The minimum atomic E-state index is -0.832. The lowest BCUT2D eigenvalue weighted by Gasteiger charge is -2.36. The monoisotopic (exact) mass is 297 g/mol. The molecular formula is C18H19NO3. The van der Waals surface area contributed by atoms with Crippen LogP contribution < -0.4 is 9.64 Å². The van der Waals surface area contributed by atoms with Crippen LogP contribution in [0, 0.1) is 0 Å². The van der Waals surface area contributed by atoms with Gasteiger partial charge in [0.1, 0.15) is 18.4 Å². The Morgan fingerprint density at radius 2 is 2.05 bits per heavy atom. The number of carboxylic acids is 1. The summed E-state index contributed by atoms with van der Waals surface area (Å²) in [4.78, 5) is 13.1. The predicted molar refractivity (Wildman–Crippen MR) is 85.5 cm³/mol. The SMILES string of the molecule is CCc1ccc2c(c1)N(CC(=O)O)CC(c1ccccc1)O2.